The van der Waals surface area contributed by atoms with E-state index in [1.807, 2.05) is 75.6 Å². The summed E-state index contributed by atoms with van der Waals surface area (Å²) < 4.78 is 1.75. The molecule has 1 atom stereocenters. The van der Waals surface area contributed by atoms with Gasteiger partial charge in [0.05, 0.1) is 34.5 Å². The van der Waals surface area contributed by atoms with Crippen molar-refractivity contribution in [1.29, 1.82) is 0 Å². The number of thiazole rings is 1. The molecule has 1 aliphatic rings. The molecule has 1 aliphatic carbocycles. The molecule has 3 aromatic heterocycles. The lowest BCUT2D eigenvalue weighted by Gasteiger charge is -2.20. The van der Waals surface area contributed by atoms with Crippen molar-refractivity contribution in [3.05, 3.63) is 99.8 Å². The first-order valence-electron chi connectivity index (χ1n) is 12.8. The Morgan fingerprint density at radius 1 is 1.10 bits per heavy atom. The molecule has 0 unspecified atom stereocenters. The van der Waals surface area contributed by atoms with Gasteiger partial charge in [0.25, 0.3) is 11.8 Å². The largest absolute Gasteiger partial charge is 0.345 e. The van der Waals surface area contributed by atoms with Crippen LogP contribution in [0.3, 0.4) is 0 Å². The van der Waals surface area contributed by atoms with Crippen LogP contribution in [0.2, 0.25) is 0 Å². The van der Waals surface area contributed by atoms with E-state index in [4.69, 9.17) is 4.98 Å². The number of carbonyl (C=O) groups is 2. The van der Waals surface area contributed by atoms with Crippen molar-refractivity contribution in [2.45, 2.75) is 38.3 Å². The molecule has 39 heavy (non-hydrogen) atoms. The molecule has 0 aliphatic heterocycles. The summed E-state index contributed by atoms with van der Waals surface area (Å²) in [7, 11) is 1.88. The number of benzene rings is 2. The standard InChI is InChI=1S/C30H28N6O2S/c1-18-12-21(30(10-11-30)35-29(38)27-16-39-17-31-27)8-9-22(18)28(37)33-19(2)24-13-26(20-14-32-36(3)15-20)34-25-7-5-4-6-23(24)25/h4-9,12-17,19H,10-11H2,1-3H3,(H,33,37)(H,35,38)/t19-/m1/s1. The van der Waals surface area contributed by atoms with Gasteiger partial charge in [-0.15, -0.1) is 11.3 Å². The number of para-hydroxylation sites is 1. The highest BCUT2D eigenvalue weighted by atomic mass is 32.1. The Morgan fingerprint density at radius 3 is 2.62 bits per heavy atom. The van der Waals surface area contributed by atoms with Crippen LogP contribution in [-0.2, 0) is 12.6 Å². The normalized spacial score (nSPS) is 14.6. The SMILES string of the molecule is Cc1cc(C2(NC(=O)c3cscn3)CC2)ccc1C(=O)N[C@H](C)c1cc(-c2cnn(C)c2)nc2ccccc12. The second-order valence-corrected chi connectivity index (χ2v) is 10.9. The summed E-state index contributed by atoms with van der Waals surface area (Å²) >= 11 is 1.40. The van der Waals surface area contributed by atoms with E-state index in [0.717, 1.165) is 51.7 Å². The molecule has 8 nitrogen and oxygen atoms in total. The minimum atomic E-state index is -0.396. The molecular weight excluding hydrogens is 508 g/mol. The maximum absolute atomic E-state index is 13.4. The number of aromatic nitrogens is 4. The van der Waals surface area contributed by atoms with E-state index in [1.54, 1.807) is 21.8 Å². The first-order valence-corrected chi connectivity index (χ1v) is 13.8. The summed E-state index contributed by atoms with van der Waals surface area (Å²) in [5, 5.41) is 13.4. The zero-order valence-electron chi connectivity index (χ0n) is 21.9. The molecule has 2 amide bonds. The number of amides is 2. The summed E-state index contributed by atoms with van der Waals surface area (Å²) in [5.74, 6) is -0.316. The molecule has 0 saturated heterocycles. The van der Waals surface area contributed by atoms with Gasteiger partial charge in [0, 0.05) is 35.1 Å². The second-order valence-electron chi connectivity index (χ2n) is 10.2. The van der Waals surface area contributed by atoms with E-state index in [2.05, 4.69) is 20.7 Å². The lowest BCUT2D eigenvalue weighted by atomic mass is 9.97. The number of nitrogens with one attached hydrogen (secondary N) is 2. The van der Waals surface area contributed by atoms with E-state index < -0.39 is 5.54 Å². The first-order chi connectivity index (χ1) is 18.8. The van der Waals surface area contributed by atoms with Gasteiger partial charge in [0.2, 0.25) is 0 Å². The minimum Gasteiger partial charge on any atom is -0.345 e. The van der Waals surface area contributed by atoms with Gasteiger partial charge < -0.3 is 10.6 Å². The average molecular weight is 537 g/mol. The Hall–Kier alpha value is -4.37. The third kappa shape index (κ3) is 4.81. The molecule has 0 bridgehead atoms. The monoisotopic (exact) mass is 536 g/mol. The van der Waals surface area contributed by atoms with Gasteiger partial charge in [-0.1, -0.05) is 30.3 Å². The van der Waals surface area contributed by atoms with Crippen LogP contribution in [-0.4, -0.2) is 31.6 Å². The summed E-state index contributed by atoms with van der Waals surface area (Å²) in [6.45, 7) is 3.92. The van der Waals surface area contributed by atoms with E-state index in [0.29, 0.717) is 11.3 Å². The molecular formula is C30H28N6O2S. The predicted molar refractivity (Wildman–Crippen MR) is 151 cm³/mol. The Labute approximate surface area is 230 Å². The fraction of sp³-hybridized carbons (Fsp3) is 0.233. The molecule has 2 N–H and O–H groups in total. The maximum atomic E-state index is 13.4. The van der Waals surface area contributed by atoms with Gasteiger partial charge in [-0.3, -0.25) is 14.3 Å². The Kier molecular flexibility index (Phi) is 6.23. The highest BCUT2D eigenvalue weighted by molar-refractivity contribution is 7.07. The van der Waals surface area contributed by atoms with Gasteiger partial charge >= 0.3 is 0 Å². The number of nitrogens with zero attached hydrogens (tertiary/aromatic N) is 4. The number of rotatable bonds is 7. The van der Waals surface area contributed by atoms with Crippen LogP contribution in [0, 0.1) is 6.92 Å². The number of pyridine rings is 1. The zero-order chi connectivity index (χ0) is 27.1. The number of hydrogen-bond donors (Lipinski definition) is 2. The second kappa shape index (κ2) is 9.74. The van der Waals surface area contributed by atoms with Crippen LogP contribution in [0.15, 0.2) is 71.8 Å². The van der Waals surface area contributed by atoms with Gasteiger partial charge in [0.1, 0.15) is 5.69 Å². The number of hydrogen-bond acceptors (Lipinski definition) is 6. The van der Waals surface area contributed by atoms with Crippen LogP contribution < -0.4 is 10.6 Å². The van der Waals surface area contributed by atoms with E-state index in [9.17, 15) is 9.59 Å². The Bertz CT molecular complexity index is 1700. The summed E-state index contributed by atoms with van der Waals surface area (Å²) in [5.41, 5.74) is 7.76. The van der Waals surface area contributed by atoms with Crippen molar-refractivity contribution in [2.24, 2.45) is 7.05 Å². The van der Waals surface area contributed by atoms with Crippen LogP contribution in [0.5, 0.6) is 0 Å². The lowest BCUT2D eigenvalue weighted by molar-refractivity contribution is 0.0920. The minimum absolute atomic E-state index is 0.147. The van der Waals surface area contributed by atoms with E-state index in [1.165, 1.54) is 11.3 Å². The molecule has 5 aromatic rings. The molecule has 9 heteroatoms. The summed E-state index contributed by atoms with van der Waals surface area (Å²) in [6.07, 6.45) is 5.44. The van der Waals surface area contributed by atoms with Gasteiger partial charge in [0.15, 0.2) is 0 Å². The third-order valence-electron chi connectivity index (χ3n) is 7.35. The van der Waals surface area contributed by atoms with Crippen molar-refractivity contribution >= 4 is 34.1 Å². The lowest BCUT2D eigenvalue weighted by Crippen LogP contribution is -2.35. The fourth-order valence-electron chi connectivity index (χ4n) is 5.05. The first kappa shape index (κ1) is 24.9. The highest BCUT2D eigenvalue weighted by Gasteiger charge is 2.46. The third-order valence-corrected chi connectivity index (χ3v) is 7.94. The van der Waals surface area contributed by atoms with Gasteiger partial charge in [-0.05, 0) is 61.6 Å². The van der Waals surface area contributed by atoms with Crippen LogP contribution >= 0.6 is 11.3 Å². The van der Waals surface area contributed by atoms with E-state index in [-0.39, 0.29) is 17.9 Å². The molecule has 6 rings (SSSR count). The average Bonchev–Trinajstić information content (AvgIpc) is 3.29. The molecule has 1 fully saturated rings. The topological polar surface area (TPSA) is 102 Å². The number of fused-ring (bicyclic) bond motifs is 1. The van der Waals surface area contributed by atoms with Crippen molar-refractivity contribution < 1.29 is 9.59 Å². The molecule has 2 aromatic carbocycles. The molecule has 1 saturated carbocycles. The smallest absolute Gasteiger partial charge is 0.271 e. The van der Waals surface area contributed by atoms with Gasteiger partial charge in [-0.2, -0.15) is 5.10 Å². The van der Waals surface area contributed by atoms with Crippen molar-refractivity contribution in [2.75, 3.05) is 0 Å². The van der Waals surface area contributed by atoms with Crippen molar-refractivity contribution in [3.63, 3.8) is 0 Å². The van der Waals surface area contributed by atoms with Gasteiger partial charge in [-0.25, -0.2) is 9.97 Å². The van der Waals surface area contributed by atoms with Crippen LogP contribution in [0.4, 0.5) is 0 Å². The van der Waals surface area contributed by atoms with Crippen molar-refractivity contribution in [3.8, 4) is 11.3 Å². The molecule has 196 valence electrons. The van der Waals surface area contributed by atoms with Crippen LogP contribution in [0.25, 0.3) is 22.2 Å². The van der Waals surface area contributed by atoms with E-state index >= 15 is 0 Å². The molecule has 3 heterocycles. The Morgan fingerprint density at radius 2 is 1.92 bits per heavy atom. The number of aryl methyl sites for hydroxylation is 2. The van der Waals surface area contributed by atoms with Crippen LogP contribution in [0.1, 0.15) is 63.3 Å². The van der Waals surface area contributed by atoms with Crippen molar-refractivity contribution in [1.82, 2.24) is 30.4 Å². The highest BCUT2D eigenvalue weighted by Crippen LogP contribution is 2.46. The molecule has 0 radical (unpaired) electrons. The zero-order valence-corrected chi connectivity index (χ0v) is 22.7. The fourth-order valence-corrected chi connectivity index (χ4v) is 5.58. The maximum Gasteiger partial charge on any atom is 0.271 e. The number of carbonyl (C=O) groups excluding carboxylic acids is 2. The summed E-state index contributed by atoms with van der Waals surface area (Å²) in [6, 6.07) is 15.5. The summed E-state index contributed by atoms with van der Waals surface area (Å²) in [4.78, 5) is 35.0. The Balaban J connectivity index is 1.24. The molecule has 0 spiro atoms. The quantitative estimate of drug-likeness (QED) is 0.294. The predicted octanol–water partition coefficient (Wildman–Crippen LogP) is 5.31.